The van der Waals surface area contributed by atoms with E-state index in [9.17, 15) is 9.59 Å². The number of likely N-dealkylation sites (tertiary alicyclic amines) is 1. The molecule has 1 aromatic carbocycles. The largest absolute Gasteiger partial charge is 0.444 e. The molecule has 0 radical (unpaired) electrons. The zero-order valence-electron chi connectivity index (χ0n) is 14.0. The predicted octanol–water partition coefficient (Wildman–Crippen LogP) is 3.68. The highest BCUT2D eigenvalue weighted by molar-refractivity contribution is 6.22. The smallest absolute Gasteiger partial charge is 0.412 e. The number of aryl methyl sites for hydroxylation is 1. The normalized spacial score (nSPS) is 18.2. The zero-order chi connectivity index (χ0) is 17.2. The fraction of sp³-hybridized carbons (Fsp3) is 0.529. The van der Waals surface area contributed by atoms with Gasteiger partial charge in [-0.1, -0.05) is 6.07 Å². The monoisotopic (exact) mass is 338 g/mol. The second-order valence-electron chi connectivity index (χ2n) is 6.84. The summed E-state index contributed by atoms with van der Waals surface area (Å²) in [5.74, 6) is 0.0647. The van der Waals surface area contributed by atoms with Crippen LogP contribution < -0.4 is 5.32 Å². The molecule has 0 spiro atoms. The van der Waals surface area contributed by atoms with Crippen molar-refractivity contribution in [2.45, 2.75) is 51.6 Å². The number of anilines is 1. The quantitative estimate of drug-likeness (QED) is 0.855. The van der Waals surface area contributed by atoms with Crippen molar-refractivity contribution in [1.82, 2.24) is 4.90 Å². The number of amides is 2. The van der Waals surface area contributed by atoms with Gasteiger partial charge < -0.3 is 9.64 Å². The highest BCUT2D eigenvalue weighted by Gasteiger charge is 2.28. The van der Waals surface area contributed by atoms with Crippen molar-refractivity contribution in [2.75, 3.05) is 11.9 Å². The summed E-state index contributed by atoms with van der Waals surface area (Å²) in [5.41, 5.74) is 2.15. The summed E-state index contributed by atoms with van der Waals surface area (Å²) in [6.45, 7) is 8.48. The van der Waals surface area contributed by atoms with Crippen LogP contribution in [0, 0.1) is 6.92 Å². The number of nitrogens with zero attached hydrogens (tertiary/aromatic N) is 1. The second-order valence-corrected chi connectivity index (χ2v) is 7.46. The van der Waals surface area contributed by atoms with Crippen LogP contribution in [-0.2, 0) is 16.1 Å². The summed E-state index contributed by atoms with van der Waals surface area (Å²) in [4.78, 5) is 25.5. The molecule has 0 saturated carbocycles. The Balaban J connectivity index is 2.07. The zero-order valence-corrected chi connectivity index (χ0v) is 14.7. The number of nitrogens with one attached hydrogen (secondary N) is 1. The third kappa shape index (κ3) is 5.13. The van der Waals surface area contributed by atoms with Gasteiger partial charge in [0.2, 0.25) is 5.91 Å². The maximum atomic E-state index is 11.9. The number of benzene rings is 1. The van der Waals surface area contributed by atoms with Crippen molar-refractivity contribution in [1.29, 1.82) is 0 Å². The second kappa shape index (κ2) is 6.79. The summed E-state index contributed by atoms with van der Waals surface area (Å²) < 4.78 is 5.24. The topological polar surface area (TPSA) is 58.6 Å². The SMILES string of the molecule is Cc1ccc(NC(=O)OC(C)(C)C)cc1CN1CC(Cl)CC1=O. The van der Waals surface area contributed by atoms with E-state index < -0.39 is 11.7 Å². The van der Waals surface area contributed by atoms with Crippen LogP contribution in [0.15, 0.2) is 18.2 Å². The molecule has 1 atom stereocenters. The molecule has 5 nitrogen and oxygen atoms in total. The number of ether oxygens (including phenoxy) is 1. The van der Waals surface area contributed by atoms with Gasteiger partial charge in [-0.2, -0.15) is 0 Å². The van der Waals surface area contributed by atoms with Gasteiger partial charge in [0.15, 0.2) is 0 Å². The Morgan fingerprint density at radius 3 is 2.70 bits per heavy atom. The van der Waals surface area contributed by atoms with Crippen LogP contribution in [0.2, 0.25) is 0 Å². The predicted molar refractivity (Wildman–Crippen MR) is 90.7 cm³/mol. The molecular formula is C17H23ClN2O3. The minimum absolute atomic E-state index is 0.0647. The van der Waals surface area contributed by atoms with Crippen LogP contribution in [-0.4, -0.2) is 34.4 Å². The first-order valence-corrected chi connectivity index (χ1v) is 8.09. The Morgan fingerprint density at radius 1 is 1.43 bits per heavy atom. The van der Waals surface area contributed by atoms with E-state index in [1.165, 1.54) is 0 Å². The molecule has 2 amide bonds. The molecule has 0 bridgehead atoms. The minimum Gasteiger partial charge on any atom is -0.444 e. The summed E-state index contributed by atoms with van der Waals surface area (Å²) in [6, 6.07) is 5.60. The fourth-order valence-corrected chi connectivity index (χ4v) is 2.72. The third-order valence-corrected chi connectivity index (χ3v) is 3.82. The van der Waals surface area contributed by atoms with Crippen molar-refractivity contribution in [2.24, 2.45) is 0 Å². The Morgan fingerprint density at radius 2 is 2.13 bits per heavy atom. The molecule has 1 aliphatic heterocycles. The number of carbonyl (C=O) groups excluding carboxylic acids is 2. The van der Waals surface area contributed by atoms with Crippen LogP contribution in [0.4, 0.5) is 10.5 Å². The van der Waals surface area contributed by atoms with Crippen LogP contribution in [0.3, 0.4) is 0 Å². The maximum absolute atomic E-state index is 11.9. The third-order valence-electron chi connectivity index (χ3n) is 3.52. The number of rotatable bonds is 3. The van der Waals surface area contributed by atoms with Gasteiger partial charge in [0.05, 0.1) is 5.38 Å². The lowest BCUT2D eigenvalue weighted by molar-refractivity contribution is -0.128. The van der Waals surface area contributed by atoms with Gasteiger partial charge in [-0.15, -0.1) is 11.6 Å². The number of alkyl halides is 1. The van der Waals surface area contributed by atoms with E-state index in [0.717, 1.165) is 11.1 Å². The van der Waals surface area contributed by atoms with Crippen LogP contribution in [0.5, 0.6) is 0 Å². The Hall–Kier alpha value is -1.75. The highest BCUT2D eigenvalue weighted by atomic mass is 35.5. The average molecular weight is 339 g/mol. The molecule has 0 aromatic heterocycles. The first kappa shape index (κ1) is 17.6. The van der Waals surface area contributed by atoms with E-state index in [1.807, 2.05) is 45.9 Å². The van der Waals surface area contributed by atoms with Gasteiger partial charge in [0, 0.05) is 25.2 Å². The molecule has 1 aromatic rings. The van der Waals surface area contributed by atoms with E-state index in [-0.39, 0.29) is 11.3 Å². The van der Waals surface area contributed by atoms with Gasteiger partial charge in [-0.25, -0.2) is 4.79 Å². The lowest BCUT2D eigenvalue weighted by atomic mass is 10.1. The summed E-state index contributed by atoms with van der Waals surface area (Å²) in [7, 11) is 0. The number of halogens is 1. The molecule has 1 N–H and O–H groups in total. The molecule has 23 heavy (non-hydrogen) atoms. The maximum Gasteiger partial charge on any atom is 0.412 e. The number of carbonyl (C=O) groups is 2. The Kier molecular flexibility index (Phi) is 5.19. The van der Waals surface area contributed by atoms with E-state index in [4.69, 9.17) is 16.3 Å². The van der Waals surface area contributed by atoms with Crippen LogP contribution in [0.25, 0.3) is 0 Å². The summed E-state index contributed by atoms with van der Waals surface area (Å²) in [5, 5.41) is 2.60. The van der Waals surface area contributed by atoms with Crippen molar-refractivity contribution in [3.63, 3.8) is 0 Å². The average Bonchev–Trinajstić information content (AvgIpc) is 2.69. The molecule has 1 saturated heterocycles. The van der Waals surface area contributed by atoms with Crippen molar-refractivity contribution in [3.05, 3.63) is 29.3 Å². The lowest BCUT2D eigenvalue weighted by Gasteiger charge is -2.21. The Labute approximate surface area is 141 Å². The first-order valence-electron chi connectivity index (χ1n) is 7.65. The molecule has 0 aliphatic carbocycles. The molecule has 2 rings (SSSR count). The molecule has 126 valence electrons. The molecule has 6 heteroatoms. The van der Waals surface area contributed by atoms with Gasteiger partial charge in [0.25, 0.3) is 0 Å². The first-order chi connectivity index (χ1) is 10.6. The lowest BCUT2D eigenvalue weighted by Crippen LogP contribution is -2.27. The van der Waals surface area contributed by atoms with Gasteiger partial charge in [-0.3, -0.25) is 10.1 Å². The van der Waals surface area contributed by atoms with Crippen LogP contribution in [0.1, 0.15) is 38.3 Å². The number of hydrogen-bond acceptors (Lipinski definition) is 3. The van der Waals surface area contributed by atoms with Crippen LogP contribution >= 0.6 is 11.6 Å². The Bertz CT molecular complexity index is 610. The molecule has 1 aliphatic rings. The van der Waals surface area contributed by atoms with E-state index >= 15 is 0 Å². The summed E-state index contributed by atoms with van der Waals surface area (Å²) >= 11 is 6.03. The molecular weight excluding hydrogens is 316 g/mol. The van der Waals surface area contributed by atoms with Crippen molar-refractivity contribution < 1.29 is 14.3 Å². The summed E-state index contributed by atoms with van der Waals surface area (Å²) in [6.07, 6.45) is -0.110. The molecule has 1 heterocycles. The fourth-order valence-electron chi connectivity index (χ4n) is 2.42. The molecule has 1 unspecified atom stereocenters. The highest BCUT2D eigenvalue weighted by Crippen LogP contribution is 2.23. The standard InChI is InChI=1S/C17H23ClN2O3/c1-11-5-6-14(19-16(22)23-17(2,3)4)7-12(11)9-20-10-13(18)8-15(20)21/h5-7,13H,8-10H2,1-4H3,(H,19,22). The van der Waals surface area contributed by atoms with E-state index in [1.54, 1.807) is 4.90 Å². The minimum atomic E-state index is -0.547. The van der Waals surface area contributed by atoms with E-state index in [0.29, 0.717) is 25.2 Å². The van der Waals surface area contributed by atoms with Gasteiger partial charge in [-0.05, 0) is 51.0 Å². The van der Waals surface area contributed by atoms with Crippen molar-refractivity contribution in [3.8, 4) is 0 Å². The van der Waals surface area contributed by atoms with Gasteiger partial charge in [0.1, 0.15) is 5.60 Å². The van der Waals surface area contributed by atoms with Gasteiger partial charge >= 0.3 is 6.09 Å². The molecule has 1 fully saturated rings. The number of hydrogen-bond donors (Lipinski definition) is 1. The van der Waals surface area contributed by atoms with E-state index in [2.05, 4.69) is 5.32 Å². The van der Waals surface area contributed by atoms with Crippen molar-refractivity contribution >= 4 is 29.3 Å².